The number of nitrogens with one attached hydrogen (secondary N) is 2. The average Bonchev–Trinajstić information content (AvgIpc) is 3.28. The van der Waals surface area contributed by atoms with Gasteiger partial charge in [0.1, 0.15) is 18.7 Å². The Morgan fingerprint density at radius 3 is 2.82 bits per heavy atom. The van der Waals surface area contributed by atoms with Gasteiger partial charge in [-0.05, 0) is 38.0 Å². The molecule has 2 fully saturated rings. The number of hydrogen-bond donors (Lipinski definition) is 2. The van der Waals surface area contributed by atoms with E-state index in [-0.39, 0.29) is 29.5 Å². The van der Waals surface area contributed by atoms with E-state index in [0.29, 0.717) is 41.8 Å². The number of carbonyl (C=O) groups excluding carboxylic acids is 2. The molecule has 10 heteroatoms. The van der Waals surface area contributed by atoms with Crippen molar-refractivity contribution < 1.29 is 19.2 Å². The number of imidazole rings is 1. The second kappa shape index (κ2) is 7.82. The Balaban J connectivity index is 1.41. The maximum absolute atomic E-state index is 12.2. The normalized spacial score (nSPS) is 21.5. The Bertz CT molecular complexity index is 1360. The highest BCUT2D eigenvalue weighted by Gasteiger charge is 2.32. The van der Waals surface area contributed by atoms with Crippen LogP contribution in [-0.2, 0) is 14.4 Å². The summed E-state index contributed by atoms with van der Waals surface area (Å²) in [6, 6.07) is 7.94. The molecular weight excluding hydrogens is 436 g/mol. The fraction of sp³-hybridized carbons (Fsp3) is 0.375. The molecule has 1 saturated heterocycles. The predicted molar refractivity (Wildman–Crippen MR) is 125 cm³/mol. The molecule has 1 saturated carbocycles. The number of benzene rings is 1. The number of ether oxygens (including phenoxy) is 1. The van der Waals surface area contributed by atoms with Gasteiger partial charge in [-0.15, -0.1) is 0 Å². The monoisotopic (exact) mass is 460 g/mol. The summed E-state index contributed by atoms with van der Waals surface area (Å²) in [4.78, 5) is 38.3. The fourth-order valence-corrected chi connectivity index (χ4v) is 4.62. The number of amides is 2. The first kappa shape index (κ1) is 20.6. The second-order valence-electron chi connectivity index (χ2n) is 8.99. The summed E-state index contributed by atoms with van der Waals surface area (Å²) in [5.74, 6) is 0.332. The number of nitrogens with zero attached hydrogens (tertiary/aromatic N) is 4. The van der Waals surface area contributed by atoms with Crippen LogP contribution in [0.5, 0.6) is 5.88 Å². The minimum absolute atomic E-state index is 0.0481. The standard InChI is InChI=1S/C24H24N6O4/c1-12(14-8-20(31)25-10-14)34-24-22-19(26-11-30(22)15-4-5-15)9-17(28-24)13-3-6-16-18(7-13)27-23(32)21(16)29-33-2/h3,6-7,9,11-12,14-15H,4-5,8,10H2,1-2H3,(H,25,31)(H,27,29,32). The SMILES string of the molecule is CON=C1C(=O)Nc2cc(-c3cc4ncn(C5CC5)c4c(OC(C)C4CNC(=O)C4)n3)ccc21. The zero-order chi connectivity index (χ0) is 23.4. The molecule has 2 unspecified atom stereocenters. The highest BCUT2D eigenvalue weighted by molar-refractivity contribution is 6.53. The Labute approximate surface area is 195 Å². The number of hydrogen-bond acceptors (Lipinski definition) is 7. The van der Waals surface area contributed by atoms with Gasteiger partial charge in [-0.2, -0.15) is 0 Å². The Morgan fingerprint density at radius 1 is 1.24 bits per heavy atom. The first-order chi connectivity index (χ1) is 16.5. The van der Waals surface area contributed by atoms with Crippen molar-refractivity contribution in [3.8, 4) is 17.1 Å². The predicted octanol–water partition coefficient (Wildman–Crippen LogP) is 2.64. The van der Waals surface area contributed by atoms with Gasteiger partial charge in [0.2, 0.25) is 11.8 Å². The van der Waals surface area contributed by atoms with Crippen LogP contribution in [-0.4, -0.2) is 51.8 Å². The van der Waals surface area contributed by atoms with E-state index in [0.717, 1.165) is 29.4 Å². The number of aromatic nitrogens is 3. The Kier molecular flexibility index (Phi) is 4.75. The lowest BCUT2D eigenvalue weighted by Crippen LogP contribution is -2.26. The molecule has 34 heavy (non-hydrogen) atoms. The quantitative estimate of drug-likeness (QED) is 0.546. The summed E-state index contributed by atoms with van der Waals surface area (Å²) in [6.45, 7) is 2.57. The molecule has 2 atom stereocenters. The van der Waals surface area contributed by atoms with E-state index in [2.05, 4.69) is 25.3 Å². The first-order valence-corrected chi connectivity index (χ1v) is 11.4. The molecular formula is C24H24N6O4. The van der Waals surface area contributed by atoms with E-state index in [9.17, 15) is 9.59 Å². The van der Waals surface area contributed by atoms with Gasteiger partial charge in [0.25, 0.3) is 5.91 Å². The third-order valence-electron chi connectivity index (χ3n) is 6.65. The highest BCUT2D eigenvalue weighted by atomic mass is 16.6. The molecule has 0 radical (unpaired) electrons. The third-order valence-corrected chi connectivity index (χ3v) is 6.65. The summed E-state index contributed by atoms with van der Waals surface area (Å²) < 4.78 is 8.53. The number of rotatable bonds is 6. The zero-order valence-electron chi connectivity index (χ0n) is 18.9. The lowest BCUT2D eigenvalue weighted by molar-refractivity contribution is -0.119. The van der Waals surface area contributed by atoms with Crippen molar-refractivity contribution in [1.29, 1.82) is 0 Å². The third kappa shape index (κ3) is 3.46. The number of fused-ring (bicyclic) bond motifs is 2. The molecule has 2 aliphatic heterocycles. The number of pyridine rings is 1. The summed E-state index contributed by atoms with van der Waals surface area (Å²) in [6.07, 6.45) is 4.32. The molecule has 4 heterocycles. The van der Waals surface area contributed by atoms with Crippen LogP contribution in [0.4, 0.5) is 5.69 Å². The van der Waals surface area contributed by atoms with Gasteiger partial charge in [0.15, 0.2) is 5.71 Å². The van der Waals surface area contributed by atoms with Crippen LogP contribution in [0.1, 0.15) is 37.8 Å². The van der Waals surface area contributed by atoms with Gasteiger partial charge >= 0.3 is 0 Å². The molecule has 0 spiro atoms. The van der Waals surface area contributed by atoms with Crippen molar-refractivity contribution in [2.45, 2.75) is 38.3 Å². The van der Waals surface area contributed by atoms with Crippen molar-refractivity contribution in [3.05, 3.63) is 36.2 Å². The molecule has 1 aliphatic carbocycles. The molecule has 1 aromatic carbocycles. The molecule has 2 N–H and O–H groups in total. The smallest absolute Gasteiger partial charge is 0.278 e. The van der Waals surface area contributed by atoms with Crippen LogP contribution in [0.3, 0.4) is 0 Å². The van der Waals surface area contributed by atoms with E-state index >= 15 is 0 Å². The van der Waals surface area contributed by atoms with Crippen LogP contribution < -0.4 is 15.4 Å². The van der Waals surface area contributed by atoms with Crippen molar-refractivity contribution in [3.63, 3.8) is 0 Å². The average molecular weight is 460 g/mol. The summed E-state index contributed by atoms with van der Waals surface area (Å²) in [7, 11) is 1.41. The van der Waals surface area contributed by atoms with Crippen LogP contribution in [0, 0.1) is 5.92 Å². The second-order valence-corrected chi connectivity index (χ2v) is 8.99. The minimum Gasteiger partial charge on any atom is -0.473 e. The fourth-order valence-electron chi connectivity index (χ4n) is 4.62. The van der Waals surface area contributed by atoms with Crippen molar-refractivity contribution in [1.82, 2.24) is 19.9 Å². The molecule has 2 amide bonds. The number of anilines is 1. The van der Waals surface area contributed by atoms with Crippen LogP contribution in [0.25, 0.3) is 22.3 Å². The number of oxime groups is 1. The van der Waals surface area contributed by atoms with Gasteiger partial charge in [-0.1, -0.05) is 11.2 Å². The van der Waals surface area contributed by atoms with Crippen molar-refractivity contribution in [2.24, 2.45) is 11.1 Å². The van der Waals surface area contributed by atoms with Gasteiger partial charge in [0.05, 0.1) is 23.2 Å². The topological polar surface area (TPSA) is 120 Å². The van der Waals surface area contributed by atoms with Crippen molar-refractivity contribution in [2.75, 3.05) is 19.0 Å². The molecule has 174 valence electrons. The summed E-state index contributed by atoms with van der Waals surface area (Å²) in [5, 5.41) is 9.53. The van der Waals surface area contributed by atoms with Gasteiger partial charge in [0, 0.05) is 36.1 Å². The zero-order valence-corrected chi connectivity index (χ0v) is 18.9. The van der Waals surface area contributed by atoms with Crippen LogP contribution in [0.2, 0.25) is 0 Å². The maximum atomic E-state index is 12.2. The van der Waals surface area contributed by atoms with E-state index in [1.54, 1.807) is 0 Å². The lowest BCUT2D eigenvalue weighted by Gasteiger charge is -2.20. The molecule has 6 rings (SSSR count). The molecule has 0 bridgehead atoms. The Morgan fingerprint density at radius 2 is 2.09 bits per heavy atom. The van der Waals surface area contributed by atoms with Crippen molar-refractivity contribution >= 4 is 34.2 Å². The van der Waals surface area contributed by atoms with E-state index in [1.807, 2.05) is 37.5 Å². The molecule has 10 nitrogen and oxygen atoms in total. The largest absolute Gasteiger partial charge is 0.473 e. The lowest BCUT2D eigenvalue weighted by atomic mass is 10.0. The minimum atomic E-state index is -0.307. The van der Waals surface area contributed by atoms with E-state index in [1.165, 1.54) is 7.11 Å². The first-order valence-electron chi connectivity index (χ1n) is 11.4. The summed E-state index contributed by atoms with van der Waals surface area (Å²) in [5.41, 5.74) is 4.74. The molecule has 3 aliphatic rings. The highest BCUT2D eigenvalue weighted by Crippen LogP contribution is 2.41. The molecule has 3 aromatic rings. The van der Waals surface area contributed by atoms with Gasteiger partial charge < -0.3 is 24.8 Å². The summed E-state index contributed by atoms with van der Waals surface area (Å²) >= 11 is 0. The van der Waals surface area contributed by atoms with Crippen LogP contribution in [0.15, 0.2) is 35.7 Å². The Hall–Kier alpha value is -3.95. The van der Waals surface area contributed by atoms with Crippen LogP contribution >= 0.6 is 0 Å². The number of carbonyl (C=O) groups is 2. The van der Waals surface area contributed by atoms with Gasteiger partial charge in [-0.25, -0.2) is 9.97 Å². The van der Waals surface area contributed by atoms with E-state index < -0.39 is 0 Å². The molecule has 2 aromatic heterocycles. The van der Waals surface area contributed by atoms with E-state index in [4.69, 9.17) is 14.6 Å². The maximum Gasteiger partial charge on any atom is 0.278 e. The van der Waals surface area contributed by atoms with Gasteiger partial charge in [-0.3, -0.25) is 9.59 Å².